The lowest BCUT2D eigenvalue weighted by Gasteiger charge is -2.00. The molecule has 0 aliphatic heterocycles. The van der Waals surface area contributed by atoms with Gasteiger partial charge in [-0.25, -0.2) is 0 Å². The highest BCUT2D eigenvalue weighted by atomic mass is 16.5. The van der Waals surface area contributed by atoms with Crippen LogP contribution in [0.15, 0.2) is 22.6 Å². The van der Waals surface area contributed by atoms with E-state index in [9.17, 15) is 9.59 Å². The van der Waals surface area contributed by atoms with Crippen LogP contribution in [0.1, 0.15) is 37.2 Å². The largest absolute Gasteiger partial charge is 0.469 e. The molecule has 1 fully saturated rings. The van der Waals surface area contributed by atoms with Crippen LogP contribution in [0.25, 0.3) is 6.08 Å². The van der Waals surface area contributed by atoms with Crippen molar-refractivity contribution in [1.29, 1.82) is 0 Å². The van der Waals surface area contributed by atoms with E-state index in [-0.39, 0.29) is 24.8 Å². The molecule has 2 unspecified atom stereocenters. The molecule has 1 aliphatic carbocycles. The Bertz CT molecular complexity index is 518. The molecule has 1 aromatic rings. The van der Waals surface area contributed by atoms with Crippen LogP contribution in [-0.2, 0) is 14.3 Å². The SMILES string of the molecule is COC(=O)CCNC(=O)/C=C/c1ccc(C2CC2C)o1. The van der Waals surface area contributed by atoms with Crippen molar-refractivity contribution in [2.24, 2.45) is 5.92 Å². The number of furan rings is 1. The number of esters is 1. The van der Waals surface area contributed by atoms with Crippen molar-refractivity contribution in [3.05, 3.63) is 29.7 Å². The minimum atomic E-state index is -0.344. The Balaban J connectivity index is 1.75. The molecule has 5 nitrogen and oxygen atoms in total. The maximum Gasteiger partial charge on any atom is 0.307 e. The zero-order valence-corrected chi connectivity index (χ0v) is 11.7. The molecule has 0 spiro atoms. The Labute approximate surface area is 118 Å². The Morgan fingerprint density at radius 1 is 1.50 bits per heavy atom. The van der Waals surface area contributed by atoms with Crippen LogP contribution in [0, 0.1) is 5.92 Å². The quantitative estimate of drug-likeness (QED) is 0.638. The highest BCUT2D eigenvalue weighted by Gasteiger charge is 2.36. The summed E-state index contributed by atoms with van der Waals surface area (Å²) in [7, 11) is 1.32. The molecule has 0 saturated heterocycles. The zero-order valence-electron chi connectivity index (χ0n) is 11.7. The van der Waals surface area contributed by atoms with Crippen molar-refractivity contribution >= 4 is 18.0 Å². The second-order valence-electron chi connectivity index (χ2n) is 5.01. The van der Waals surface area contributed by atoms with Gasteiger partial charge in [0.25, 0.3) is 0 Å². The average Bonchev–Trinajstić information content (AvgIpc) is 2.99. The van der Waals surface area contributed by atoms with Gasteiger partial charge in [0, 0.05) is 18.5 Å². The van der Waals surface area contributed by atoms with Gasteiger partial charge in [-0.1, -0.05) is 6.92 Å². The lowest BCUT2D eigenvalue weighted by atomic mass is 10.3. The Morgan fingerprint density at radius 2 is 2.25 bits per heavy atom. The standard InChI is InChI=1S/C15H19NO4/c1-10-9-12(10)13-5-3-11(20-13)4-6-14(17)16-8-7-15(18)19-2/h3-6,10,12H,7-9H2,1-2H3,(H,16,17)/b6-4+. The van der Waals surface area contributed by atoms with Crippen molar-refractivity contribution in [3.63, 3.8) is 0 Å². The number of rotatable bonds is 6. The van der Waals surface area contributed by atoms with Gasteiger partial charge >= 0.3 is 5.97 Å². The maximum absolute atomic E-state index is 11.5. The predicted octanol–water partition coefficient (Wildman–Crippen LogP) is 2.10. The fourth-order valence-corrected chi connectivity index (χ4v) is 1.98. The summed E-state index contributed by atoms with van der Waals surface area (Å²) in [4.78, 5) is 22.4. The molecule has 1 amide bonds. The summed E-state index contributed by atoms with van der Waals surface area (Å²) in [5.74, 6) is 2.28. The molecule has 20 heavy (non-hydrogen) atoms. The molecule has 1 N–H and O–H groups in total. The number of ether oxygens (including phenoxy) is 1. The van der Waals surface area contributed by atoms with Crippen LogP contribution in [0.4, 0.5) is 0 Å². The van der Waals surface area contributed by atoms with Crippen molar-refractivity contribution in [2.75, 3.05) is 13.7 Å². The topological polar surface area (TPSA) is 68.5 Å². The van der Waals surface area contributed by atoms with E-state index < -0.39 is 0 Å². The number of amides is 1. The summed E-state index contributed by atoms with van der Waals surface area (Å²) in [6.45, 7) is 2.45. The van der Waals surface area contributed by atoms with Gasteiger partial charge in [-0.3, -0.25) is 9.59 Å². The molecule has 0 bridgehead atoms. The minimum Gasteiger partial charge on any atom is -0.469 e. The predicted molar refractivity (Wildman–Crippen MR) is 73.9 cm³/mol. The summed E-state index contributed by atoms with van der Waals surface area (Å²) in [6.07, 6.45) is 4.37. The third kappa shape index (κ3) is 3.98. The van der Waals surface area contributed by atoms with Crippen molar-refractivity contribution in [2.45, 2.75) is 25.7 Å². The van der Waals surface area contributed by atoms with Gasteiger partial charge in [-0.15, -0.1) is 0 Å². The van der Waals surface area contributed by atoms with Gasteiger partial charge < -0.3 is 14.5 Å². The summed E-state index contributed by atoms with van der Waals surface area (Å²) in [5, 5.41) is 2.60. The van der Waals surface area contributed by atoms with E-state index in [1.807, 2.05) is 12.1 Å². The van der Waals surface area contributed by atoms with Gasteiger partial charge in [-0.2, -0.15) is 0 Å². The van der Waals surface area contributed by atoms with E-state index in [0.717, 1.165) is 5.76 Å². The maximum atomic E-state index is 11.5. The fourth-order valence-electron chi connectivity index (χ4n) is 1.98. The van der Waals surface area contributed by atoms with E-state index in [2.05, 4.69) is 17.0 Å². The van der Waals surface area contributed by atoms with Crippen molar-refractivity contribution in [1.82, 2.24) is 5.32 Å². The highest BCUT2D eigenvalue weighted by Crippen LogP contribution is 2.47. The Morgan fingerprint density at radius 3 is 2.90 bits per heavy atom. The summed E-state index contributed by atoms with van der Waals surface area (Å²) in [5.41, 5.74) is 0. The normalized spacial score (nSPS) is 20.9. The average molecular weight is 277 g/mol. The van der Waals surface area contributed by atoms with Gasteiger partial charge in [-0.05, 0) is 30.5 Å². The molecule has 5 heteroatoms. The summed E-state index contributed by atoms with van der Waals surface area (Å²) < 4.78 is 10.1. The number of carbonyl (C=O) groups is 2. The lowest BCUT2D eigenvalue weighted by Crippen LogP contribution is -2.24. The Kier molecular flexibility index (Phi) is 4.61. The van der Waals surface area contributed by atoms with Crippen LogP contribution < -0.4 is 5.32 Å². The molecule has 1 aromatic heterocycles. The molecule has 108 valence electrons. The third-order valence-corrected chi connectivity index (χ3v) is 3.38. The second-order valence-corrected chi connectivity index (χ2v) is 5.01. The summed E-state index contributed by atoms with van der Waals surface area (Å²) >= 11 is 0. The van der Waals surface area contributed by atoms with E-state index >= 15 is 0 Å². The number of nitrogens with one attached hydrogen (secondary N) is 1. The van der Waals surface area contributed by atoms with Crippen LogP contribution in [0.2, 0.25) is 0 Å². The highest BCUT2D eigenvalue weighted by molar-refractivity contribution is 5.91. The first-order valence-electron chi connectivity index (χ1n) is 6.72. The fraction of sp³-hybridized carbons (Fsp3) is 0.467. The van der Waals surface area contributed by atoms with Crippen LogP contribution in [-0.4, -0.2) is 25.5 Å². The van der Waals surface area contributed by atoms with Gasteiger partial charge in [0.15, 0.2) is 0 Å². The van der Waals surface area contributed by atoms with Crippen molar-refractivity contribution in [3.8, 4) is 0 Å². The number of hydrogen-bond donors (Lipinski definition) is 1. The van der Waals surface area contributed by atoms with Gasteiger partial charge in [0.1, 0.15) is 11.5 Å². The smallest absolute Gasteiger partial charge is 0.307 e. The molecular formula is C15H19NO4. The Hall–Kier alpha value is -2.04. The van der Waals surface area contributed by atoms with Gasteiger partial charge in [0.2, 0.25) is 5.91 Å². The van der Waals surface area contributed by atoms with E-state index in [1.165, 1.54) is 19.6 Å². The number of hydrogen-bond acceptors (Lipinski definition) is 4. The third-order valence-electron chi connectivity index (χ3n) is 3.38. The molecule has 2 atom stereocenters. The molecule has 0 radical (unpaired) electrons. The number of carbonyl (C=O) groups excluding carboxylic acids is 2. The van der Waals surface area contributed by atoms with E-state index in [4.69, 9.17) is 4.42 Å². The molecule has 1 aliphatic rings. The van der Waals surface area contributed by atoms with E-state index in [1.54, 1.807) is 6.08 Å². The first-order valence-corrected chi connectivity index (χ1v) is 6.72. The first-order chi connectivity index (χ1) is 9.60. The van der Waals surface area contributed by atoms with Crippen molar-refractivity contribution < 1.29 is 18.7 Å². The first kappa shape index (κ1) is 14.4. The lowest BCUT2D eigenvalue weighted by molar-refractivity contribution is -0.140. The molecule has 1 heterocycles. The monoisotopic (exact) mass is 277 g/mol. The van der Waals surface area contributed by atoms with Crippen LogP contribution in [0.3, 0.4) is 0 Å². The van der Waals surface area contributed by atoms with Crippen LogP contribution in [0.5, 0.6) is 0 Å². The van der Waals surface area contributed by atoms with E-state index in [0.29, 0.717) is 17.6 Å². The molecule has 0 aromatic carbocycles. The zero-order chi connectivity index (χ0) is 14.5. The van der Waals surface area contributed by atoms with Crippen LogP contribution >= 0.6 is 0 Å². The summed E-state index contributed by atoms with van der Waals surface area (Å²) in [6, 6.07) is 3.82. The number of methoxy groups -OCH3 is 1. The second kappa shape index (κ2) is 6.41. The molecular weight excluding hydrogens is 258 g/mol. The minimum absolute atomic E-state index is 0.167. The van der Waals surface area contributed by atoms with Gasteiger partial charge in [0.05, 0.1) is 13.5 Å². The molecule has 1 saturated carbocycles. The molecule has 2 rings (SSSR count).